The Morgan fingerprint density at radius 1 is 0.905 bits per heavy atom. The van der Waals surface area contributed by atoms with Crippen molar-refractivity contribution in [2.45, 2.75) is 19.8 Å². The summed E-state index contributed by atoms with van der Waals surface area (Å²) in [5.74, 6) is -0.950. The maximum atomic E-state index is 10.5. The van der Waals surface area contributed by atoms with Crippen LogP contribution in [0, 0.1) is 0 Å². The van der Waals surface area contributed by atoms with Gasteiger partial charge >= 0.3 is 6.72 Å². The molecule has 0 aromatic rings. The Labute approximate surface area is 129 Å². The smallest absolute Gasteiger partial charge is 0.309 e. The Hall–Kier alpha value is 0.350. The minimum absolute atomic E-state index is 0.0126. The molecule has 0 aromatic carbocycles. The first-order chi connectivity index (χ1) is 9.47. The first-order valence-corrected chi connectivity index (χ1v) is 11.7. The van der Waals surface area contributed by atoms with Gasteiger partial charge in [-0.05, 0) is 31.6 Å². The van der Waals surface area contributed by atoms with E-state index in [1.165, 1.54) is 0 Å². The molecular weight excluding hydrogens is 367 g/mol. The first-order valence-electron chi connectivity index (χ1n) is 5.91. The Balaban J connectivity index is 4.20. The molecule has 128 valence electrons. The third kappa shape index (κ3) is 13.7. The fourth-order valence-electron chi connectivity index (χ4n) is 1.11. The van der Waals surface area contributed by atoms with Gasteiger partial charge in [0.15, 0.2) is 0 Å². The molecule has 0 aliphatic heterocycles. The summed E-state index contributed by atoms with van der Waals surface area (Å²) < 4.78 is 74.8. The van der Waals surface area contributed by atoms with Crippen molar-refractivity contribution in [2.75, 3.05) is 31.3 Å². The summed E-state index contributed by atoms with van der Waals surface area (Å²) in [6, 6.07) is 0. The van der Waals surface area contributed by atoms with Crippen molar-refractivity contribution in [1.29, 1.82) is 0 Å². The van der Waals surface area contributed by atoms with Crippen LogP contribution in [0.15, 0.2) is 0 Å². The minimum atomic E-state index is -4.07. The van der Waals surface area contributed by atoms with Crippen molar-refractivity contribution in [3.05, 3.63) is 0 Å². The molecule has 0 rings (SSSR count). The summed E-state index contributed by atoms with van der Waals surface area (Å²) in [5.41, 5.74) is 0. The van der Waals surface area contributed by atoms with E-state index in [1.54, 1.807) is 6.92 Å². The minimum Gasteiger partial charge on any atom is -0.309 e. The van der Waals surface area contributed by atoms with E-state index in [0.717, 1.165) is 0 Å². The topological polar surface area (TPSA) is 136 Å². The Morgan fingerprint density at radius 3 is 1.57 bits per heavy atom. The molecule has 9 nitrogen and oxygen atoms in total. The highest BCUT2D eigenvalue weighted by atomic mass is 32.5. The molecule has 0 aliphatic rings. The molecule has 0 radical (unpaired) electrons. The Morgan fingerprint density at radius 2 is 1.29 bits per heavy atom. The fourth-order valence-corrected chi connectivity index (χ4v) is 4.08. The predicted molar refractivity (Wildman–Crippen MR) is 79.9 cm³/mol. The van der Waals surface area contributed by atoms with E-state index in [1.807, 2.05) is 0 Å². The summed E-state index contributed by atoms with van der Waals surface area (Å²) in [6.45, 7) is -1.42. The summed E-state index contributed by atoms with van der Waals surface area (Å²) in [7, 11) is -8.14. The second kappa shape index (κ2) is 9.48. The van der Waals surface area contributed by atoms with Crippen molar-refractivity contribution >= 4 is 38.8 Å². The Bertz CT molecular complexity index is 497. The van der Waals surface area contributed by atoms with E-state index in [4.69, 9.17) is 34.5 Å². The van der Waals surface area contributed by atoms with Crippen LogP contribution in [0.5, 0.6) is 0 Å². The molecule has 0 saturated carbocycles. The number of hydrogen-bond acceptors (Lipinski definition) is 8. The molecule has 0 aromatic heterocycles. The third-order valence-corrected chi connectivity index (χ3v) is 6.01. The van der Waals surface area contributed by atoms with Gasteiger partial charge in [-0.1, -0.05) is 0 Å². The van der Waals surface area contributed by atoms with E-state index in [2.05, 4.69) is 0 Å². The van der Waals surface area contributed by atoms with E-state index < -0.39 is 38.5 Å². The zero-order valence-corrected chi connectivity index (χ0v) is 14.7. The molecule has 0 aliphatic carbocycles. The second-order valence-corrected chi connectivity index (χ2v) is 9.97. The first kappa shape index (κ1) is 21.4. The van der Waals surface area contributed by atoms with Crippen LogP contribution in [0.1, 0.15) is 19.8 Å². The van der Waals surface area contributed by atoms with Gasteiger partial charge in [-0.2, -0.15) is 16.8 Å². The average molecular weight is 386 g/mol. The zero-order chi connectivity index (χ0) is 16.6. The average Bonchev–Trinajstić information content (AvgIpc) is 2.29. The van der Waals surface area contributed by atoms with Gasteiger partial charge in [0.05, 0.1) is 31.3 Å². The largest absolute Gasteiger partial charge is 0.327 e. The zero-order valence-electron chi connectivity index (χ0n) is 11.4. The molecule has 0 unspecified atom stereocenters. The summed E-state index contributed by atoms with van der Waals surface area (Å²) in [5, 5.41) is 0. The summed E-state index contributed by atoms with van der Waals surface area (Å²) >= 11 is 5.04. The quantitative estimate of drug-likeness (QED) is 0.282. The van der Waals surface area contributed by atoms with Gasteiger partial charge in [0.25, 0.3) is 20.2 Å². The van der Waals surface area contributed by atoms with E-state index in [0.29, 0.717) is 0 Å². The molecule has 0 atom stereocenters. The maximum absolute atomic E-state index is 10.5. The van der Waals surface area contributed by atoms with Crippen LogP contribution >= 0.6 is 6.72 Å². The van der Waals surface area contributed by atoms with Crippen molar-refractivity contribution in [3.8, 4) is 0 Å². The van der Waals surface area contributed by atoms with Crippen LogP contribution in [0.3, 0.4) is 0 Å². The van der Waals surface area contributed by atoms with Crippen molar-refractivity contribution in [3.63, 3.8) is 0 Å². The van der Waals surface area contributed by atoms with Gasteiger partial charge in [-0.25, -0.2) is 0 Å². The molecule has 0 fully saturated rings. The van der Waals surface area contributed by atoms with Gasteiger partial charge in [0.2, 0.25) is 0 Å². The molecule has 0 amide bonds. The molecule has 0 bridgehead atoms. The lowest BCUT2D eigenvalue weighted by atomic mass is 10.5. The number of hydrogen-bond donors (Lipinski definition) is 2. The molecule has 0 saturated heterocycles. The lowest BCUT2D eigenvalue weighted by molar-refractivity contribution is 0.162. The van der Waals surface area contributed by atoms with Crippen LogP contribution in [0.2, 0.25) is 0 Å². The fraction of sp³-hybridized carbons (Fsp3) is 1.00. The molecule has 13 heteroatoms. The maximum Gasteiger partial charge on any atom is 0.327 e. The lowest BCUT2D eigenvalue weighted by Gasteiger charge is -2.20. The van der Waals surface area contributed by atoms with E-state index >= 15 is 0 Å². The highest BCUT2D eigenvalue weighted by Crippen LogP contribution is 2.49. The molecule has 21 heavy (non-hydrogen) atoms. The van der Waals surface area contributed by atoms with Gasteiger partial charge < -0.3 is 13.6 Å². The summed E-state index contributed by atoms with van der Waals surface area (Å²) in [6.07, 6.45) is 0.0252. The predicted octanol–water partition coefficient (Wildman–Crippen LogP) is 0.836. The van der Waals surface area contributed by atoms with Crippen molar-refractivity contribution < 1.29 is 39.5 Å². The second-order valence-electron chi connectivity index (χ2n) is 3.81. The third-order valence-electron chi connectivity index (χ3n) is 1.88. The van der Waals surface area contributed by atoms with Crippen molar-refractivity contribution in [2.24, 2.45) is 0 Å². The normalized spacial score (nSPS) is 13.5. The SMILES string of the molecule is CCOP(=S)(OCCCS(=O)(=O)O)OCCCS(=O)(=O)O. The van der Waals surface area contributed by atoms with E-state index in [9.17, 15) is 16.8 Å². The van der Waals surface area contributed by atoms with Crippen molar-refractivity contribution in [1.82, 2.24) is 0 Å². The molecule has 2 N–H and O–H groups in total. The van der Waals surface area contributed by atoms with Crippen LogP contribution in [-0.4, -0.2) is 57.3 Å². The van der Waals surface area contributed by atoms with Crippen LogP contribution in [-0.2, 0) is 45.6 Å². The van der Waals surface area contributed by atoms with E-state index in [-0.39, 0.29) is 32.7 Å². The summed E-state index contributed by atoms with van der Waals surface area (Å²) in [4.78, 5) is 0. The van der Waals surface area contributed by atoms with Crippen LogP contribution < -0.4 is 0 Å². The van der Waals surface area contributed by atoms with Gasteiger partial charge in [-0.3, -0.25) is 9.11 Å². The van der Waals surface area contributed by atoms with Gasteiger partial charge in [0.1, 0.15) is 0 Å². The van der Waals surface area contributed by atoms with Gasteiger partial charge in [0, 0.05) is 0 Å². The Kier molecular flexibility index (Phi) is 9.64. The highest BCUT2D eigenvalue weighted by molar-refractivity contribution is 8.07. The number of rotatable bonds is 12. The standard InChI is InChI=1S/C8H19O9PS3/c1-2-15-18(19,16-5-3-7-20(9,10)11)17-6-4-8-21(12,13)14/h2-8H2,1H3,(H,9,10,11)(H,12,13,14). The lowest BCUT2D eigenvalue weighted by Crippen LogP contribution is -2.10. The van der Waals surface area contributed by atoms with Crippen LogP contribution in [0.25, 0.3) is 0 Å². The molecule has 0 heterocycles. The monoisotopic (exact) mass is 386 g/mol. The molecule has 0 spiro atoms. The highest BCUT2D eigenvalue weighted by Gasteiger charge is 2.20. The molecular formula is C8H19O9PS3. The van der Waals surface area contributed by atoms with Crippen LogP contribution in [0.4, 0.5) is 0 Å². The van der Waals surface area contributed by atoms with Gasteiger partial charge in [-0.15, -0.1) is 0 Å².